The Morgan fingerprint density at radius 3 is 1.65 bits per heavy atom. The van der Waals surface area contributed by atoms with Gasteiger partial charge in [0.2, 0.25) is 0 Å². The molecule has 0 atom stereocenters. The van der Waals surface area contributed by atoms with Crippen molar-refractivity contribution in [2.24, 2.45) is 11.8 Å². The monoisotopic (exact) mass is 325 g/mol. The van der Waals surface area contributed by atoms with E-state index in [9.17, 15) is 0 Å². The van der Waals surface area contributed by atoms with Gasteiger partial charge in [-0.05, 0) is 76.3 Å². The molecule has 0 aromatic rings. The minimum Gasteiger partial charge on any atom is -0.381 e. The van der Waals surface area contributed by atoms with Gasteiger partial charge < -0.3 is 9.64 Å². The van der Waals surface area contributed by atoms with Gasteiger partial charge in [-0.25, -0.2) is 0 Å². The highest BCUT2D eigenvalue weighted by Gasteiger charge is 2.25. The summed E-state index contributed by atoms with van der Waals surface area (Å²) in [5, 5.41) is 0. The normalized spacial score (nSPS) is 30.1. The van der Waals surface area contributed by atoms with E-state index in [2.05, 4.69) is 18.7 Å². The van der Waals surface area contributed by atoms with E-state index in [-0.39, 0.29) is 0 Å². The van der Waals surface area contributed by atoms with Crippen molar-refractivity contribution in [2.75, 3.05) is 20.2 Å². The maximum Gasteiger partial charge on any atom is 0.0571 e. The predicted molar refractivity (Wildman–Crippen MR) is 102 cm³/mol. The molecule has 2 heteroatoms. The second kappa shape index (κ2) is 12.3. The van der Waals surface area contributed by atoms with E-state index in [4.69, 9.17) is 4.74 Å². The maximum atomic E-state index is 5.24. The average Bonchev–Trinajstić information content (AvgIpc) is 3.13. The minimum atomic E-state index is 0.571. The number of piperidine rings is 1. The van der Waals surface area contributed by atoms with Crippen molar-refractivity contribution < 1.29 is 4.74 Å². The van der Waals surface area contributed by atoms with Crippen molar-refractivity contribution in [3.8, 4) is 0 Å². The fraction of sp³-hybridized carbons (Fsp3) is 1.00. The Labute approximate surface area is 146 Å². The molecule has 138 valence electrons. The number of hydrogen-bond acceptors (Lipinski definition) is 2. The summed E-state index contributed by atoms with van der Waals surface area (Å²) in [6.07, 6.45) is 14.6. The van der Waals surface area contributed by atoms with E-state index in [0.29, 0.717) is 6.10 Å². The standard InChI is InChI=1S/C11H21N.C8H16O.C2H6/c1-10-6-8-12(9-7-10)11-4-2-3-5-11;1-7-3-5-8(9-2)6-4-7;1-2/h10-11H,2-9H2,1H3;7-8H,3-6H2,1-2H3;1-2H3. The molecule has 0 unspecified atom stereocenters. The smallest absolute Gasteiger partial charge is 0.0571 e. The van der Waals surface area contributed by atoms with Crippen LogP contribution in [-0.4, -0.2) is 37.2 Å². The van der Waals surface area contributed by atoms with Gasteiger partial charge in [0.1, 0.15) is 0 Å². The van der Waals surface area contributed by atoms with Gasteiger partial charge in [0.05, 0.1) is 6.10 Å². The van der Waals surface area contributed by atoms with Crippen LogP contribution in [0.1, 0.15) is 91.9 Å². The molecule has 0 bridgehead atoms. The highest BCUT2D eigenvalue weighted by Crippen LogP contribution is 2.27. The van der Waals surface area contributed by atoms with Crippen LogP contribution in [0, 0.1) is 11.8 Å². The summed E-state index contributed by atoms with van der Waals surface area (Å²) in [6, 6.07) is 0.970. The maximum absolute atomic E-state index is 5.24. The third kappa shape index (κ3) is 8.03. The van der Waals surface area contributed by atoms with Crippen molar-refractivity contribution in [1.82, 2.24) is 4.90 Å². The molecule has 3 rings (SSSR count). The van der Waals surface area contributed by atoms with Crippen molar-refractivity contribution >= 4 is 0 Å². The molecular formula is C21H43NO. The van der Waals surface area contributed by atoms with E-state index in [0.717, 1.165) is 17.9 Å². The second-order valence-electron chi connectivity index (χ2n) is 7.77. The van der Waals surface area contributed by atoms with E-state index in [1.807, 2.05) is 21.0 Å². The van der Waals surface area contributed by atoms with Crippen molar-refractivity contribution in [1.29, 1.82) is 0 Å². The first kappa shape index (κ1) is 21.0. The zero-order valence-corrected chi connectivity index (χ0v) is 16.7. The number of ether oxygens (including phenoxy) is 1. The van der Waals surface area contributed by atoms with Gasteiger partial charge in [-0.3, -0.25) is 0 Å². The zero-order valence-electron chi connectivity index (χ0n) is 16.7. The Hall–Kier alpha value is -0.0800. The number of nitrogens with zero attached hydrogens (tertiary/aromatic N) is 1. The molecule has 0 aromatic heterocycles. The van der Waals surface area contributed by atoms with Gasteiger partial charge in [-0.1, -0.05) is 40.5 Å². The molecule has 2 nitrogen and oxygen atoms in total. The molecule has 2 aliphatic carbocycles. The summed E-state index contributed by atoms with van der Waals surface area (Å²) in [4.78, 5) is 2.74. The van der Waals surface area contributed by atoms with Gasteiger partial charge in [0, 0.05) is 13.2 Å². The lowest BCUT2D eigenvalue weighted by Gasteiger charge is -2.34. The summed E-state index contributed by atoms with van der Waals surface area (Å²) < 4.78 is 5.24. The number of rotatable bonds is 2. The van der Waals surface area contributed by atoms with Gasteiger partial charge in [-0.2, -0.15) is 0 Å². The van der Waals surface area contributed by atoms with E-state index < -0.39 is 0 Å². The minimum absolute atomic E-state index is 0.571. The molecule has 0 amide bonds. The van der Waals surface area contributed by atoms with Gasteiger partial charge in [-0.15, -0.1) is 0 Å². The van der Waals surface area contributed by atoms with Crippen LogP contribution in [0.25, 0.3) is 0 Å². The fourth-order valence-electron chi connectivity index (χ4n) is 4.13. The van der Waals surface area contributed by atoms with Gasteiger partial charge in [0.15, 0.2) is 0 Å². The van der Waals surface area contributed by atoms with E-state index in [1.165, 1.54) is 77.3 Å². The zero-order chi connectivity index (χ0) is 17.1. The molecule has 0 spiro atoms. The lowest BCUT2D eigenvalue weighted by atomic mass is 9.89. The predicted octanol–water partition coefficient (Wildman–Crippen LogP) is 5.90. The lowest BCUT2D eigenvalue weighted by Crippen LogP contribution is -2.39. The Balaban J connectivity index is 0.000000215. The summed E-state index contributed by atoms with van der Waals surface area (Å²) in [7, 11) is 1.82. The molecular weight excluding hydrogens is 282 g/mol. The molecule has 3 aliphatic rings. The molecule has 23 heavy (non-hydrogen) atoms. The third-order valence-electron chi connectivity index (χ3n) is 5.96. The first-order valence-electron chi connectivity index (χ1n) is 10.5. The fourth-order valence-corrected chi connectivity index (χ4v) is 4.13. The summed E-state index contributed by atoms with van der Waals surface area (Å²) in [6.45, 7) is 11.5. The molecule has 3 fully saturated rings. The first-order chi connectivity index (χ1) is 11.2. The number of likely N-dealkylation sites (tertiary alicyclic amines) is 1. The Morgan fingerprint density at radius 1 is 0.696 bits per heavy atom. The van der Waals surface area contributed by atoms with Crippen LogP contribution in [0.3, 0.4) is 0 Å². The van der Waals surface area contributed by atoms with Crippen LogP contribution in [0.2, 0.25) is 0 Å². The largest absolute Gasteiger partial charge is 0.381 e. The summed E-state index contributed by atoms with van der Waals surface area (Å²) in [5.41, 5.74) is 0. The number of hydrogen-bond donors (Lipinski definition) is 0. The Morgan fingerprint density at radius 2 is 1.17 bits per heavy atom. The summed E-state index contributed by atoms with van der Waals surface area (Å²) >= 11 is 0. The Kier molecular flexibility index (Phi) is 11.2. The van der Waals surface area contributed by atoms with Crippen molar-refractivity contribution in [3.63, 3.8) is 0 Å². The average molecular weight is 326 g/mol. The van der Waals surface area contributed by atoms with E-state index >= 15 is 0 Å². The molecule has 2 saturated carbocycles. The van der Waals surface area contributed by atoms with Crippen molar-refractivity contribution in [2.45, 2.75) is 104 Å². The SMILES string of the molecule is CC.CC1CCN(C2CCCC2)CC1.COC1CCC(C)CC1. The van der Waals surface area contributed by atoms with Gasteiger partial charge >= 0.3 is 0 Å². The molecule has 0 radical (unpaired) electrons. The lowest BCUT2D eigenvalue weighted by molar-refractivity contribution is 0.0593. The molecule has 1 heterocycles. The van der Waals surface area contributed by atoms with Crippen molar-refractivity contribution in [3.05, 3.63) is 0 Å². The van der Waals surface area contributed by atoms with Crippen LogP contribution in [0.15, 0.2) is 0 Å². The van der Waals surface area contributed by atoms with Crippen LogP contribution >= 0.6 is 0 Å². The van der Waals surface area contributed by atoms with Gasteiger partial charge in [0.25, 0.3) is 0 Å². The molecule has 0 N–H and O–H groups in total. The third-order valence-corrected chi connectivity index (χ3v) is 5.96. The molecule has 0 aromatic carbocycles. The van der Waals surface area contributed by atoms with Crippen LogP contribution in [0.5, 0.6) is 0 Å². The van der Waals surface area contributed by atoms with Crippen LogP contribution < -0.4 is 0 Å². The van der Waals surface area contributed by atoms with E-state index in [1.54, 1.807) is 0 Å². The number of methoxy groups -OCH3 is 1. The topological polar surface area (TPSA) is 12.5 Å². The first-order valence-corrected chi connectivity index (χ1v) is 10.5. The molecule has 1 saturated heterocycles. The quantitative estimate of drug-likeness (QED) is 0.627. The van der Waals surface area contributed by atoms with Crippen LogP contribution in [-0.2, 0) is 4.74 Å². The highest BCUT2D eigenvalue weighted by molar-refractivity contribution is 4.80. The Bertz CT molecular complexity index is 259. The molecule has 1 aliphatic heterocycles. The highest BCUT2D eigenvalue weighted by atomic mass is 16.5. The second-order valence-corrected chi connectivity index (χ2v) is 7.77. The summed E-state index contributed by atoms with van der Waals surface area (Å²) in [5.74, 6) is 1.93. The van der Waals surface area contributed by atoms with Crippen LogP contribution in [0.4, 0.5) is 0 Å².